The molecule has 1 fully saturated rings. The lowest BCUT2D eigenvalue weighted by molar-refractivity contribution is 0.500. The van der Waals surface area contributed by atoms with Crippen LogP contribution in [0, 0.1) is 5.92 Å². The van der Waals surface area contributed by atoms with Gasteiger partial charge in [0.05, 0.1) is 0 Å². The molecule has 1 aliphatic carbocycles. The summed E-state index contributed by atoms with van der Waals surface area (Å²) >= 11 is 5.17. The highest BCUT2D eigenvalue weighted by Gasteiger charge is 2.13. The van der Waals surface area contributed by atoms with E-state index in [1.165, 1.54) is 32.2 Å². The molecule has 0 bridgehead atoms. The highest BCUT2D eigenvalue weighted by Crippen LogP contribution is 2.27. The van der Waals surface area contributed by atoms with Crippen molar-refractivity contribution in [2.45, 2.75) is 34.4 Å². The molecular weight excluding hydrogens is 270 g/mol. The van der Waals surface area contributed by atoms with Crippen molar-refractivity contribution in [3.8, 4) is 0 Å². The van der Waals surface area contributed by atoms with Crippen LogP contribution in [0.15, 0.2) is 8.68 Å². The zero-order valence-corrected chi connectivity index (χ0v) is 12.6. The van der Waals surface area contributed by atoms with Crippen LogP contribution >= 0.6 is 34.9 Å². The first kappa shape index (κ1) is 13.6. The largest absolute Gasteiger partial charge is 0.316 e. The lowest BCUT2D eigenvalue weighted by Gasteiger charge is -2.09. The maximum atomic E-state index is 4.14. The van der Waals surface area contributed by atoms with E-state index in [0.717, 1.165) is 26.9 Å². The predicted octanol–water partition coefficient (Wildman–Crippen LogP) is 3.13. The molecule has 0 amide bonds. The SMILES string of the molecule is CSc1nnc(SCCNCC2CCCC2)s1. The van der Waals surface area contributed by atoms with Crippen molar-refractivity contribution in [2.75, 3.05) is 25.1 Å². The van der Waals surface area contributed by atoms with Gasteiger partial charge < -0.3 is 5.32 Å². The zero-order valence-electron chi connectivity index (χ0n) is 10.1. The molecule has 3 nitrogen and oxygen atoms in total. The Morgan fingerprint density at radius 1 is 1.29 bits per heavy atom. The van der Waals surface area contributed by atoms with Crippen LogP contribution in [-0.2, 0) is 0 Å². The maximum Gasteiger partial charge on any atom is 0.175 e. The average Bonchev–Trinajstić information content (AvgIpc) is 2.99. The van der Waals surface area contributed by atoms with Gasteiger partial charge in [-0.3, -0.25) is 0 Å². The molecule has 17 heavy (non-hydrogen) atoms. The van der Waals surface area contributed by atoms with Crippen LogP contribution in [0.2, 0.25) is 0 Å². The van der Waals surface area contributed by atoms with Crippen molar-refractivity contribution in [3.05, 3.63) is 0 Å². The molecular formula is C11H19N3S3. The molecule has 1 N–H and O–H groups in total. The van der Waals surface area contributed by atoms with E-state index in [1.807, 2.05) is 18.0 Å². The molecule has 1 saturated carbocycles. The van der Waals surface area contributed by atoms with Gasteiger partial charge in [0.15, 0.2) is 8.68 Å². The Hall–Kier alpha value is 0.220. The fourth-order valence-corrected chi connectivity index (χ4v) is 4.47. The fraction of sp³-hybridized carbons (Fsp3) is 0.818. The van der Waals surface area contributed by atoms with Gasteiger partial charge in [-0.15, -0.1) is 10.2 Å². The van der Waals surface area contributed by atoms with Crippen molar-refractivity contribution in [1.29, 1.82) is 0 Å². The number of nitrogens with one attached hydrogen (secondary N) is 1. The van der Waals surface area contributed by atoms with Gasteiger partial charge in [-0.05, 0) is 31.6 Å². The maximum absolute atomic E-state index is 4.14. The van der Waals surface area contributed by atoms with E-state index in [9.17, 15) is 0 Å². The fourth-order valence-electron chi connectivity index (χ4n) is 2.07. The molecule has 0 radical (unpaired) electrons. The number of nitrogens with zero attached hydrogens (tertiary/aromatic N) is 2. The number of aromatic nitrogens is 2. The van der Waals surface area contributed by atoms with Gasteiger partial charge in [-0.1, -0.05) is 47.7 Å². The minimum atomic E-state index is 0.935. The highest BCUT2D eigenvalue weighted by molar-refractivity contribution is 8.02. The smallest absolute Gasteiger partial charge is 0.175 e. The second-order valence-electron chi connectivity index (χ2n) is 4.24. The van der Waals surface area contributed by atoms with Crippen LogP contribution in [0.4, 0.5) is 0 Å². The normalized spacial score (nSPS) is 16.8. The van der Waals surface area contributed by atoms with E-state index in [1.54, 1.807) is 23.1 Å². The van der Waals surface area contributed by atoms with Gasteiger partial charge in [-0.2, -0.15) is 0 Å². The Morgan fingerprint density at radius 2 is 2.06 bits per heavy atom. The summed E-state index contributed by atoms with van der Waals surface area (Å²) in [5.41, 5.74) is 0. The Kier molecular flexibility index (Phi) is 6.11. The number of rotatable bonds is 7. The van der Waals surface area contributed by atoms with Crippen LogP contribution in [0.25, 0.3) is 0 Å². The second kappa shape index (κ2) is 7.61. The zero-order chi connectivity index (χ0) is 11.9. The Bertz CT molecular complexity index is 324. The molecule has 0 atom stereocenters. The van der Waals surface area contributed by atoms with Gasteiger partial charge in [0.25, 0.3) is 0 Å². The van der Waals surface area contributed by atoms with Gasteiger partial charge in [0, 0.05) is 12.3 Å². The number of hydrogen-bond donors (Lipinski definition) is 1. The van der Waals surface area contributed by atoms with Crippen molar-refractivity contribution in [1.82, 2.24) is 15.5 Å². The average molecular weight is 289 g/mol. The molecule has 0 unspecified atom stereocenters. The summed E-state index contributed by atoms with van der Waals surface area (Å²) in [6.07, 6.45) is 7.76. The summed E-state index contributed by atoms with van der Waals surface area (Å²) < 4.78 is 2.16. The molecule has 1 aromatic heterocycles. The van der Waals surface area contributed by atoms with Crippen LogP contribution in [0.5, 0.6) is 0 Å². The molecule has 2 rings (SSSR count). The lowest BCUT2D eigenvalue weighted by atomic mass is 10.1. The predicted molar refractivity (Wildman–Crippen MR) is 77.2 cm³/mol. The summed E-state index contributed by atoms with van der Waals surface area (Å²) in [5, 5.41) is 11.8. The summed E-state index contributed by atoms with van der Waals surface area (Å²) in [5.74, 6) is 2.03. The monoisotopic (exact) mass is 289 g/mol. The quantitative estimate of drug-likeness (QED) is 0.616. The topological polar surface area (TPSA) is 37.8 Å². The van der Waals surface area contributed by atoms with Crippen molar-refractivity contribution in [2.24, 2.45) is 5.92 Å². The van der Waals surface area contributed by atoms with Crippen LogP contribution in [0.1, 0.15) is 25.7 Å². The lowest BCUT2D eigenvalue weighted by Crippen LogP contribution is -2.23. The number of thioether (sulfide) groups is 2. The van der Waals surface area contributed by atoms with Crippen molar-refractivity contribution < 1.29 is 0 Å². The van der Waals surface area contributed by atoms with E-state index in [2.05, 4.69) is 15.5 Å². The van der Waals surface area contributed by atoms with Crippen molar-refractivity contribution in [3.63, 3.8) is 0 Å². The summed E-state index contributed by atoms with van der Waals surface area (Å²) in [7, 11) is 0. The van der Waals surface area contributed by atoms with E-state index in [-0.39, 0.29) is 0 Å². The van der Waals surface area contributed by atoms with Crippen LogP contribution in [0.3, 0.4) is 0 Å². The number of hydrogen-bond acceptors (Lipinski definition) is 6. The van der Waals surface area contributed by atoms with Gasteiger partial charge in [-0.25, -0.2) is 0 Å². The third-order valence-electron chi connectivity index (χ3n) is 2.97. The molecule has 0 spiro atoms. The van der Waals surface area contributed by atoms with Crippen molar-refractivity contribution >= 4 is 34.9 Å². The van der Waals surface area contributed by atoms with Gasteiger partial charge in [0.1, 0.15) is 0 Å². The van der Waals surface area contributed by atoms with Crippen LogP contribution in [-0.4, -0.2) is 35.3 Å². The first-order chi connectivity index (χ1) is 8.38. The Morgan fingerprint density at radius 3 is 2.76 bits per heavy atom. The molecule has 0 aromatic carbocycles. The van der Waals surface area contributed by atoms with Gasteiger partial charge in [0.2, 0.25) is 0 Å². The second-order valence-corrected chi connectivity index (χ2v) is 7.61. The van der Waals surface area contributed by atoms with E-state index in [4.69, 9.17) is 0 Å². The Labute approximate surface area is 116 Å². The standard InChI is InChI=1S/C11H19N3S3/c1-15-10-13-14-11(17-10)16-7-6-12-8-9-4-2-3-5-9/h9,12H,2-8H2,1H3. The summed E-state index contributed by atoms with van der Waals surface area (Å²) in [4.78, 5) is 0. The minimum Gasteiger partial charge on any atom is -0.316 e. The van der Waals surface area contributed by atoms with E-state index in [0.29, 0.717) is 0 Å². The molecule has 1 aromatic rings. The molecule has 0 saturated heterocycles. The highest BCUT2D eigenvalue weighted by atomic mass is 32.2. The van der Waals surface area contributed by atoms with Gasteiger partial charge >= 0.3 is 0 Å². The Balaban J connectivity index is 1.53. The summed E-state index contributed by atoms with van der Waals surface area (Å²) in [6, 6.07) is 0. The van der Waals surface area contributed by atoms with E-state index < -0.39 is 0 Å². The third-order valence-corrected chi connectivity index (χ3v) is 6.01. The third kappa shape index (κ3) is 4.77. The first-order valence-corrected chi connectivity index (χ1v) is 9.12. The first-order valence-electron chi connectivity index (χ1n) is 6.09. The molecule has 0 aliphatic heterocycles. The van der Waals surface area contributed by atoms with E-state index >= 15 is 0 Å². The van der Waals surface area contributed by atoms with Crippen LogP contribution < -0.4 is 5.32 Å². The molecule has 1 heterocycles. The summed E-state index contributed by atoms with van der Waals surface area (Å²) in [6.45, 7) is 2.28. The molecule has 1 aliphatic rings. The molecule has 96 valence electrons. The molecule has 6 heteroatoms. The minimum absolute atomic E-state index is 0.935.